The predicted octanol–water partition coefficient (Wildman–Crippen LogP) is 0.896. The molecule has 214 valence electrons. The van der Waals surface area contributed by atoms with Crippen LogP contribution in [0.4, 0.5) is 0 Å². The van der Waals surface area contributed by atoms with Crippen molar-refractivity contribution >= 4 is 29.4 Å². The molecule has 6 rings (SSSR count). The topological polar surface area (TPSA) is 177 Å². The van der Waals surface area contributed by atoms with Gasteiger partial charge in [0.05, 0.1) is 12.0 Å². The third-order valence-electron chi connectivity index (χ3n) is 10.4. The summed E-state index contributed by atoms with van der Waals surface area (Å²) in [7, 11) is 0. The second-order valence-electron chi connectivity index (χ2n) is 12.6. The maximum absolute atomic E-state index is 14.0. The first-order valence-corrected chi connectivity index (χ1v) is 13.7. The molecular weight excluding hydrogens is 510 g/mol. The maximum atomic E-state index is 14.0. The second kappa shape index (κ2) is 9.21. The lowest BCUT2D eigenvalue weighted by Gasteiger charge is -2.72. The zero-order valence-corrected chi connectivity index (χ0v) is 22.4. The molecular formula is C28H37NO10. The maximum Gasteiger partial charge on any atom is 0.325 e. The van der Waals surface area contributed by atoms with E-state index in [1.54, 1.807) is 0 Å². The first kappa shape index (κ1) is 27.9. The van der Waals surface area contributed by atoms with E-state index in [2.05, 4.69) is 11.9 Å². The van der Waals surface area contributed by atoms with Gasteiger partial charge in [-0.15, -0.1) is 0 Å². The number of amides is 1. The molecule has 0 aromatic heterocycles. The van der Waals surface area contributed by atoms with Crippen LogP contribution in [0.25, 0.3) is 0 Å². The van der Waals surface area contributed by atoms with E-state index in [-0.39, 0.29) is 37.2 Å². The Morgan fingerprint density at radius 2 is 1.85 bits per heavy atom. The largest absolute Gasteiger partial charge is 0.481 e. The highest BCUT2D eigenvalue weighted by Crippen LogP contribution is 2.76. The molecule has 6 fully saturated rings. The molecule has 2 saturated heterocycles. The molecule has 1 amide bonds. The molecule has 2 heterocycles. The minimum Gasteiger partial charge on any atom is -0.481 e. The van der Waals surface area contributed by atoms with Gasteiger partial charge in [-0.25, -0.2) is 0 Å². The van der Waals surface area contributed by atoms with Crippen LogP contribution in [0, 0.1) is 34.0 Å². The van der Waals surface area contributed by atoms with Gasteiger partial charge >= 0.3 is 11.9 Å². The minimum atomic E-state index is -2.38. The number of nitrogens with one attached hydrogen (secondary N) is 1. The van der Waals surface area contributed by atoms with E-state index >= 15 is 0 Å². The fraction of sp³-hybridized carbons (Fsp3) is 0.750. The number of carbonyl (C=O) groups excluding carboxylic acids is 4. The molecule has 0 radical (unpaired) electrons. The lowest BCUT2D eigenvalue weighted by molar-refractivity contribution is -0.437. The number of carboxylic acids is 1. The van der Waals surface area contributed by atoms with Crippen molar-refractivity contribution in [3.8, 4) is 0 Å². The lowest BCUT2D eigenvalue weighted by atomic mass is 9.36. The van der Waals surface area contributed by atoms with Gasteiger partial charge in [0.15, 0.2) is 5.78 Å². The normalized spacial score (nSPS) is 41.5. The van der Waals surface area contributed by atoms with Crippen molar-refractivity contribution in [1.29, 1.82) is 0 Å². The van der Waals surface area contributed by atoms with Crippen molar-refractivity contribution in [3.05, 3.63) is 12.2 Å². The van der Waals surface area contributed by atoms with Crippen LogP contribution in [0.2, 0.25) is 0 Å². The van der Waals surface area contributed by atoms with E-state index < -0.39 is 82.2 Å². The molecule has 2 aliphatic heterocycles. The van der Waals surface area contributed by atoms with E-state index in [4.69, 9.17) is 14.6 Å². The standard InChI is InChI=1S/C28H37NO10/c1-14-15-8-9-16-26-13-38-28(37,23(36)21(26)25(2,3)11-10-17(26)30)27(16,22(14)35)24(15)39-20(34)12-29-18(31)6-4-5-7-19(32)33/h15-16,21,23-24,36-37H,1,4-13H2,2-3H3,(H,29,31)(H,32,33)/t15-,16+,21-,23+,24-,26-,27+,28-/m1/s1. The van der Waals surface area contributed by atoms with Gasteiger partial charge in [0, 0.05) is 31.1 Å². The van der Waals surface area contributed by atoms with Gasteiger partial charge in [-0.1, -0.05) is 20.4 Å². The van der Waals surface area contributed by atoms with Crippen LogP contribution in [0.5, 0.6) is 0 Å². The predicted molar refractivity (Wildman–Crippen MR) is 133 cm³/mol. The van der Waals surface area contributed by atoms with E-state index in [1.165, 1.54) is 0 Å². The quantitative estimate of drug-likeness (QED) is 0.194. The molecule has 6 aliphatic rings. The van der Waals surface area contributed by atoms with Gasteiger partial charge in [0.25, 0.3) is 0 Å². The number of esters is 1. The van der Waals surface area contributed by atoms with Crippen LogP contribution in [0.15, 0.2) is 12.2 Å². The summed E-state index contributed by atoms with van der Waals surface area (Å²) >= 11 is 0. The number of ether oxygens (including phenoxy) is 2. The first-order valence-electron chi connectivity index (χ1n) is 13.7. The van der Waals surface area contributed by atoms with Gasteiger partial charge in [0.1, 0.15) is 30.0 Å². The number of ketones is 2. The highest BCUT2D eigenvalue weighted by atomic mass is 16.6. The van der Waals surface area contributed by atoms with Crippen LogP contribution in [0.1, 0.15) is 65.2 Å². The highest BCUT2D eigenvalue weighted by Gasteiger charge is 2.88. The average Bonchev–Trinajstić information content (AvgIpc) is 2.98. The van der Waals surface area contributed by atoms with E-state index in [0.29, 0.717) is 32.1 Å². The smallest absolute Gasteiger partial charge is 0.325 e. The molecule has 39 heavy (non-hydrogen) atoms. The summed E-state index contributed by atoms with van der Waals surface area (Å²) in [5.74, 6) is -7.26. The summed E-state index contributed by atoms with van der Waals surface area (Å²) in [5.41, 5.74) is -3.44. The summed E-state index contributed by atoms with van der Waals surface area (Å²) in [6.07, 6.45) is -0.527. The third kappa shape index (κ3) is 3.62. The number of hydrogen-bond donors (Lipinski definition) is 4. The molecule has 11 heteroatoms. The SMILES string of the molecule is C=C1C(=O)[C@]23[C@H](OC(=O)CNC(=O)CCCCC(=O)O)[C@@H]1CC[C@H]2[C@@]12CO[C@]3(O)[C@@H](O)[C@@H]1C(C)(C)CCC2=O. The Morgan fingerprint density at radius 3 is 2.54 bits per heavy atom. The van der Waals surface area contributed by atoms with Crippen molar-refractivity contribution in [2.45, 2.75) is 83.2 Å². The highest BCUT2D eigenvalue weighted by molar-refractivity contribution is 6.06. The molecule has 0 unspecified atom stereocenters. The molecule has 11 nitrogen and oxygen atoms in total. The van der Waals surface area contributed by atoms with Crippen molar-refractivity contribution in [1.82, 2.24) is 5.32 Å². The van der Waals surface area contributed by atoms with Crippen molar-refractivity contribution in [3.63, 3.8) is 0 Å². The van der Waals surface area contributed by atoms with Gasteiger partial charge in [-0.2, -0.15) is 0 Å². The Balaban J connectivity index is 1.42. The molecule has 2 spiro atoms. The molecule has 4 aliphatic carbocycles. The van der Waals surface area contributed by atoms with E-state index in [0.717, 1.165) is 0 Å². The Hall–Kier alpha value is -2.63. The number of carbonyl (C=O) groups is 5. The molecule has 4 bridgehead atoms. The summed E-state index contributed by atoms with van der Waals surface area (Å²) < 4.78 is 11.8. The monoisotopic (exact) mass is 547 g/mol. The fourth-order valence-corrected chi connectivity index (χ4v) is 8.77. The average molecular weight is 548 g/mol. The number of Topliss-reactive ketones (excluding diaryl/α,β-unsaturated/α-hetero) is 2. The molecule has 4 saturated carbocycles. The fourth-order valence-electron chi connectivity index (χ4n) is 8.77. The Labute approximate surface area is 226 Å². The minimum absolute atomic E-state index is 0.0372. The number of aliphatic hydroxyl groups is 2. The van der Waals surface area contributed by atoms with Crippen molar-refractivity contribution in [2.75, 3.05) is 13.2 Å². The van der Waals surface area contributed by atoms with Crippen molar-refractivity contribution in [2.24, 2.45) is 34.0 Å². The number of carboxylic acid groups (broad SMARTS) is 1. The van der Waals surface area contributed by atoms with Gasteiger partial charge in [-0.05, 0) is 49.0 Å². The Bertz CT molecular complexity index is 1150. The molecule has 8 atom stereocenters. The van der Waals surface area contributed by atoms with Gasteiger partial charge in [0.2, 0.25) is 11.7 Å². The third-order valence-corrected chi connectivity index (χ3v) is 10.4. The number of aliphatic carboxylic acids is 1. The van der Waals surface area contributed by atoms with Crippen LogP contribution < -0.4 is 5.32 Å². The van der Waals surface area contributed by atoms with Gasteiger partial charge in [-0.3, -0.25) is 24.0 Å². The summed E-state index contributed by atoms with van der Waals surface area (Å²) in [5, 5.41) is 34.9. The van der Waals surface area contributed by atoms with Crippen LogP contribution >= 0.6 is 0 Å². The Kier molecular flexibility index (Phi) is 6.59. The van der Waals surface area contributed by atoms with Crippen LogP contribution in [-0.4, -0.2) is 75.9 Å². The number of aliphatic hydroxyl groups excluding tert-OH is 1. The first-order chi connectivity index (χ1) is 18.2. The summed E-state index contributed by atoms with van der Waals surface area (Å²) in [6, 6.07) is 0. The second-order valence-corrected chi connectivity index (χ2v) is 12.6. The number of fused-ring (bicyclic) bond motifs is 2. The van der Waals surface area contributed by atoms with E-state index in [9.17, 15) is 34.2 Å². The zero-order chi connectivity index (χ0) is 28.5. The number of unbranched alkanes of at least 4 members (excludes halogenated alkanes) is 1. The molecule has 0 aromatic carbocycles. The molecule has 4 N–H and O–H groups in total. The van der Waals surface area contributed by atoms with Gasteiger partial charge < -0.3 is 30.1 Å². The number of hydrogen-bond acceptors (Lipinski definition) is 9. The number of rotatable bonds is 8. The zero-order valence-electron chi connectivity index (χ0n) is 22.4. The summed E-state index contributed by atoms with van der Waals surface area (Å²) in [6.45, 7) is 7.24. The van der Waals surface area contributed by atoms with Crippen LogP contribution in [-0.2, 0) is 33.4 Å². The van der Waals surface area contributed by atoms with Crippen LogP contribution in [0.3, 0.4) is 0 Å². The lowest BCUT2D eigenvalue weighted by Crippen LogP contribution is -2.85. The Morgan fingerprint density at radius 1 is 1.15 bits per heavy atom. The summed E-state index contributed by atoms with van der Waals surface area (Å²) in [4.78, 5) is 63.5. The molecule has 0 aromatic rings. The van der Waals surface area contributed by atoms with E-state index in [1.807, 2.05) is 13.8 Å². The van der Waals surface area contributed by atoms with Crippen molar-refractivity contribution < 1.29 is 48.8 Å².